The average molecular weight is 264 g/mol. The third kappa shape index (κ3) is 5.11. The highest BCUT2D eigenvalue weighted by atomic mass is 31.2. The second-order valence-electron chi connectivity index (χ2n) is 5.24. The lowest BCUT2D eigenvalue weighted by atomic mass is 10.4. The van der Waals surface area contributed by atoms with Crippen LogP contribution in [-0.4, -0.2) is 42.2 Å². The normalized spacial score (nSPS) is 19.0. The quantitative estimate of drug-likeness (QED) is 0.685. The number of ether oxygens (including phenoxy) is 1. The van der Waals surface area contributed by atoms with E-state index >= 15 is 0 Å². The van der Waals surface area contributed by atoms with Gasteiger partial charge in [-0.25, -0.2) is 0 Å². The first-order valence-electron chi connectivity index (χ1n) is 6.15. The molecule has 102 valence electrons. The summed E-state index contributed by atoms with van der Waals surface area (Å²) in [6.07, 6.45) is 6.37. The van der Waals surface area contributed by atoms with Gasteiger partial charge in [0, 0.05) is 0 Å². The minimum atomic E-state index is -2.23. The minimum absolute atomic E-state index is 0.0625. The van der Waals surface area contributed by atoms with Gasteiger partial charge in [0.2, 0.25) is 0 Å². The molecule has 0 amide bonds. The smallest absolute Gasteiger partial charge is 0.143 e. The van der Waals surface area contributed by atoms with Crippen LogP contribution in [0.2, 0.25) is 0 Å². The van der Waals surface area contributed by atoms with Gasteiger partial charge in [-0.1, -0.05) is 0 Å². The van der Waals surface area contributed by atoms with Crippen LogP contribution in [-0.2, 0) is 13.8 Å². The maximum Gasteiger partial charge on any atom is 0.143 e. The van der Waals surface area contributed by atoms with Crippen molar-refractivity contribution in [3.05, 3.63) is 0 Å². The molecule has 1 aliphatic carbocycles. The van der Waals surface area contributed by atoms with Crippen molar-refractivity contribution in [2.24, 2.45) is 0 Å². The third-order valence-corrected chi connectivity index (χ3v) is 4.60. The van der Waals surface area contributed by atoms with Crippen molar-refractivity contribution in [1.82, 2.24) is 0 Å². The Morgan fingerprint density at radius 2 is 1.65 bits per heavy atom. The number of aliphatic hydroxyl groups excluding tert-OH is 1. The molecule has 0 aromatic carbocycles. The van der Waals surface area contributed by atoms with Gasteiger partial charge in [-0.15, -0.1) is 0 Å². The number of hydrogen-bond donors (Lipinski definition) is 1. The summed E-state index contributed by atoms with van der Waals surface area (Å²) in [5.74, 6) is 0. The highest BCUT2D eigenvalue weighted by Crippen LogP contribution is 2.52. The summed E-state index contributed by atoms with van der Waals surface area (Å²) in [6, 6.07) is 0. The van der Waals surface area contributed by atoms with Crippen LogP contribution in [0.4, 0.5) is 0 Å². The van der Waals surface area contributed by atoms with Gasteiger partial charge in [0.05, 0.1) is 24.4 Å². The minimum Gasteiger partial charge on any atom is -0.393 e. The Labute approximate surface area is 104 Å². The van der Waals surface area contributed by atoms with Crippen LogP contribution in [0.15, 0.2) is 0 Å². The Bertz CT molecular complexity index is 270. The predicted molar refractivity (Wildman–Crippen MR) is 71.5 cm³/mol. The maximum absolute atomic E-state index is 9.20. The molecule has 0 aromatic heterocycles. The van der Waals surface area contributed by atoms with E-state index in [0.29, 0.717) is 6.35 Å². The van der Waals surface area contributed by atoms with Crippen LogP contribution in [0.1, 0.15) is 40.5 Å². The molecule has 5 heteroatoms. The molecule has 0 atom stereocenters. The molecule has 0 radical (unpaired) electrons. The first-order chi connectivity index (χ1) is 7.81. The van der Waals surface area contributed by atoms with Crippen molar-refractivity contribution in [3.63, 3.8) is 0 Å². The zero-order chi connectivity index (χ0) is 13.1. The summed E-state index contributed by atoms with van der Waals surface area (Å²) in [5, 5.41) is 9.20. The van der Waals surface area contributed by atoms with Gasteiger partial charge >= 0.3 is 0 Å². The van der Waals surface area contributed by atoms with E-state index in [1.54, 1.807) is 0 Å². The van der Waals surface area contributed by atoms with E-state index in [0.717, 1.165) is 12.8 Å². The van der Waals surface area contributed by atoms with E-state index in [-0.39, 0.29) is 24.4 Å². The molecule has 4 nitrogen and oxygen atoms in total. The predicted octanol–water partition coefficient (Wildman–Crippen LogP) is 2.62. The molecular weight excluding hydrogens is 239 g/mol. The van der Waals surface area contributed by atoms with Crippen LogP contribution in [0.25, 0.3) is 0 Å². The summed E-state index contributed by atoms with van der Waals surface area (Å²) < 4.78 is 17.3. The topological polar surface area (TPSA) is 47.9 Å². The van der Waals surface area contributed by atoms with Gasteiger partial charge in [0.25, 0.3) is 0 Å². The maximum atomic E-state index is 9.20. The van der Waals surface area contributed by atoms with E-state index in [1.165, 1.54) is 0 Å². The molecule has 0 unspecified atom stereocenters. The lowest BCUT2D eigenvalue weighted by Gasteiger charge is -2.30. The second-order valence-corrected chi connectivity index (χ2v) is 7.55. The molecule has 1 aliphatic rings. The zero-order valence-corrected chi connectivity index (χ0v) is 12.2. The van der Waals surface area contributed by atoms with Gasteiger partial charge in [-0.2, -0.15) is 0 Å². The molecule has 1 fully saturated rings. The Morgan fingerprint density at radius 1 is 1.18 bits per heavy atom. The monoisotopic (exact) mass is 264 g/mol. The molecule has 0 aliphatic heterocycles. The van der Waals surface area contributed by atoms with Crippen molar-refractivity contribution in [1.29, 1.82) is 0 Å². The molecular formula is C12H25O4P. The van der Waals surface area contributed by atoms with Crippen LogP contribution in [0.3, 0.4) is 0 Å². The third-order valence-electron chi connectivity index (χ3n) is 2.47. The summed E-state index contributed by atoms with van der Waals surface area (Å²) in [4.78, 5) is 0. The van der Waals surface area contributed by atoms with Crippen LogP contribution >= 0.6 is 7.34 Å². The van der Waals surface area contributed by atoms with Crippen LogP contribution < -0.4 is 0 Å². The van der Waals surface area contributed by atoms with Gasteiger partial charge in [-0.05, 0) is 46.8 Å². The van der Waals surface area contributed by atoms with Gasteiger partial charge in [0.1, 0.15) is 13.7 Å². The Kier molecular flexibility index (Phi) is 5.23. The summed E-state index contributed by atoms with van der Waals surface area (Å²) in [5.41, 5.74) is -0.344. The van der Waals surface area contributed by atoms with Crippen molar-refractivity contribution in [3.8, 4) is 0 Å². The second kappa shape index (κ2) is 5.85. The van der Waals surface area contributed by atoms with Crippen LogP contribution in [0.5, 0.6) is 0 Å². The fraction of sp³-hybridized carbons (Fsp3) is 0.917. The largest absolute Gasteiger partial charge is 0.393 e. The number of rotatable bonds is 8. The van der Waals surface area contributed by atoms with E-state index in [2.05, 4.69) is 6.30 Å². The molecule has 0 bridgehead atoms. The fourth-order valence-electron chi connectivity index (χ4n) is 1.58. The molecule has 0 aromatic rings. The summed E-state index contributed by atoms with van der Waals surface area (Å²) >= 11 is 0. The van der Waals surface area contributed by atoms with Crippen molar-refractivity contribution in [2.75, 3.05) is 13.0 Å². The first-order valence-corrected chi connectivity index (χ1v) is 8.14. The van der Waals surface area contributed by atoms with Crippen molar-refractivity contribution in [2.45, 2.75) is 58.3 Å². The van der Waals surface area contributed by atoms with E-state index in [9.17, 15) is 5.11 Å². The van der Waals surface area contributed by atoms with Gasteiger partial charge < -0.3 is 18.9 Å². The van der Waals surface area contributed by atoms with E-state index in [1.807, 2.05) is 27.7 Å². The average Bonchev–Trinajstić information content (AvgIpc) is 2.93. The van der Waals surface area contributed by atoms with Crippen LogP contribution in [0, 0.1) is 0 Å². The van der Waals surface area contributed by atoms with Gasteiger partial charge in [-0.3, -0.25) is 0 Å². The lowest BCUT2D eigenvalue weighted by molar-refractivity contribution is 0.00710. The standard InChI is InChI=1S/C12H25O4P/c1-10(2)15-17(5,16-11(3)4)9-14-12(8-13)6-7-12/h10-11,13H,5-9H2,1-4H3. The zero-order valence-electron chi connectivity index (χ0n) is 11.3. The fourth-order valence-corrected chi connectivity index (χ4v) is 3.76. The van der Waals surface area contributed by atoms with E-state index in [4.69, 9.17) is 13.8 Å². The number of aliphatic hydroxyl groups is 1. The lowest BCUT2D eigenvalue weighted by Crippen LogP contribution is -2.22. The van der Waals surface area contributed by atoms with Crippen molar-refractivity contribution >= 4 is 13.6 Å². The molecule has 17 heavy (non-hydrogen) atoms. The number of hydrogen-bond acceptors (Lipinski definition) is 4. The molecule has 0 saturated heterocycles. The summed E-state index contributed by atoms with van der Waals surface area (Å²) in [7, 11) is -2.23. The summed E-state index contributed by atoms with van der Waals surface area (Å²) in [6.45, 7) is 7.91. The molecule has 1 rings (SSSR count). The molecule has 1 saturated carbocycles. The Morgan fingerprint density at radius 3 is 1.94 bits per heavy atom. The Balaban J connectivity index is 2.54. The Hall–Kier alpha value is 0.140. The molecule has 0 heterocycles. The van der Waals surface area contributed by atoms with E-state index < -0.39 is 7.34 Å². The highest BCUT2D eigenvalue weighted by Gasteiger charge is 2.44. The molecule has 1 N–H and O–H groups in total. The van der Waals surface area contributed by atoms with Crippen molar-refractivity contribution < 1.29 is 18.9 Å². The highest BCUT2D eigenvalue weighted by molar-refractivity contribution is 7.64. The van der Waals surface area contributed by atoms with Gasteiger partial charge in [0.15, 0.2) is 0 Å². The molecule has 0 spiro atoms. The SMILES string of the molecule is C=P(COC1(CO)CC1)(OC(C)C)OC(C)C. The first kappa shape index (κ1) is 15.2.